The van der Waals surface area contributed by atoms with Gasteiger partial charge in [0.15, 0.2) is 0 Å². The lowest BCUT2D eigenvalue weighted by Gasteiger charge is -2.20. The van der Waals surface area contributed by atoms with E-state index in [1.807, 2.05) is 26.8 Å². The molecular formula is C15H26N4O. The van der Waals surface area contributed by atoms with E-state index in [9.17, 15) is 4.79 Å². The fourth-order valence-corrected chi connectivity index (χ4v) is 1.70. The van der Waals surface area contributed by atoms with Crippen LogP contribution in [0, 0.1) is 0 Å². The van der Waals surface area contributed by atoms with Crippen molar-refractivity contribution in [3.8, 4) is 0 Å². The maximum absolute atomic E-state index is 12.0. The molecule has 0 aliphatic rings. The summed E-state index contributed by atoms with van der Waals surface area (Å²) in [5, 5.41) is 6.22. The van der Waals surface area contributed by atoms with Crippen molar-refractivity contribution in [1.29, 1.82) is 0 Å². The lowest BCUT2D eigenvalue weighted by molar-refractivity contribution is 0.0914. The lowest BCUT2D eigenvalue weighted by Crippen LogP contribution is -2.40. The lowest BCUT2D eigenvalue weighted by atomic mass is 10.1. The Morgan fingerprint density at radius 2 is 2.05 bits per heavy atom. The van der Waals surface area contributed by atoms with Gasteiger partial charge in [-0.2, -0.15) is 0 Å². The second-order valence-electron chi connectivity index (χ2n) is 6.22. The Hall–Kier alpha value is -1.62. The Labute approximate surface area is 121 Å². The molecule has 2 N–H and O–H groups in total. The molecule has 0 aromatic carbocycles. The van der Waals surface area contributed by atoms with E-state index >= 15 is 0 Å². The molecular weight excluding hydrogens is 252 g/mol. The molecule has 0 radical (unpaired) electrons. The molecule has 1 heterocycles. The third-order valence-corrected chi connectivity index (χ3v) is 2.59. The topological polar surface area (TPSA) is 57.3 Å². The van der Waals surface area contributed by atoms with Gasteiger partial charge in [0.2, 0.25) is 0 Å². The molecule has 0 unspecified atom stereocenters. The Balaban J connectivity index is 2.55. The van der Waals surface area contributed by atoms with E-state index < -0.39 is 0 Å². The number of pyridine rings is 1. The normalized spacial score (nSPS) is 11.5. The van der Waals surface area contributed by atoms with E-state index in [2.05, 4.69) is 34.6 Å². The zero-order valence-electron chi connectivity index (χ0n) is 13.2. The maximum atomic E-state index is 12.0. The van der Waals surface area contributed by atoms with E-state index in [1.165, 1.54) is 0 Å². The van der Waals surface area contributed by atoms with Crippen molar-refractivity contribution in [3.05, 3.63) is 24.0 Å². The maximum Gasteiger partial charge on any atom is 0.270 e. The summed E-state index contributed by atoms with van der Waals surface area (Å²) in [7, 11) is 4.11. The number of nitrogens with zero attached hydrogens (tertiary/aromatic N) is 2. The summed E-state index contributed by atoms with van der Waals surface area (Å²) in [6, 6.07) is 3.67. The van der Waals surface area contributed by atoms with E-state index in [4.69, 9.17) is 0 Å². The van der Waals surface area contributed by atoms with Crippen LogP contribution in [-0.4, -0.2) is 48.5 Å². The highest BCUT2D eigenvalue weighted by atomic mass is 16.2. The quantitative estimate of drug-likeness (QED) is 0.781. The van der Waals surface area contributed by atoms with Gasteiger partial charge in [0.25, 0.3) is 5.91 Å². The Kier molecular flexibility index (Phi) is 5.95. The second-order valence-corrected chi connectivity index (χ2v) is 6.22. The largest absolute Gasteiger partial charge is 0.385 e. The molecule has 0 saturated heterocycles. The zero-order chi connectivity index (χ0) is 15.2. The van der Waals surface area contributed by atoms with Crippen molar-refractivity contribution >= 4 is 11.6 Å². The van der Waals surface area contributed by atoms with Gasteiger partial charge in [-0.3, -0.25) is 9.78 Å². The second kappa shape index (κ2) is 7.24. The number of hydrogen-bond donors (Lipinski definition) is 2. The first kappa shape index (κ1) is 16.4. The first-order chi connectivity index (χ1) is 9.28. The van der Waals surface area contributed by atoms with Crippen LogP contribution in [0.4, 0.5) is 5.69 Å². The summed E-state index contributed by atoms with van der Waals surface area (Å²) in [4.78, 5) is 18.3. The van der Waals surface area contributed by atoms with Crippen molar-refractivity contribution in [2.24, 2.45) is 0 Å². The number of carbonyl (C=O) groups is 1. The molecule has 1 aromatic heterocycles. The predicted molar refractivity (Wildman–Crippen MR) is 83.1 cm³/mol. The highest BCUT2D eigenvalue weighted by molar-refractivity contribution is 5.93. The number of anilines is 1. The number of hydrogen-bond acceptors (Lipinski definition) is 4. The smallest absolute Gasteiger partial charge is 0.270 e. The minimum atomic E-state index is -0.256. The van der Waals surface area contributed by atoms with Crippen LogP contribution in [0.3, 0.4) is 0 Å². The minimum Gasteiger partial charge on any atom is -0.385 e. The average Bonchev–Trinajstić information content (AvgIpc) is 2.33. The number of aromatic nitrogens is 1. The third-order valence-electron chi connectivity index (χ3n) is 2.59. The van der Waals surface area contributed by atoms with Crippen molar-refractivity contribution in [2.45, 2.75) is 32.7 Å². The Bertz CT molecular complexity index is 438. The van der Waals surface area contributed by atoms with Gasteiger partial charge in [-0.25, -0.2) is 0 Å². The van der Waals surface area contributed by atoms with E-state index in [0.717, 1.165) is 25.2 Å². The fourth-order valence-electron chi connectivity index (χ4n) is 1.70. The minimum absolute atomic E-state index is 0.144. The summed E-state index contributed by atoms with van der Waals surface area (Å²) in [6.07, 6.45) is 2.71. The van der Waals surface area contributed by atoms with Crippen molar-refractivity contribution in [3.63, 3.8) is 0 Å². The van der Waals surface area contributed by atoms with Crippen LogP contribution in [-0.2, 0) is 0 Å². The molecule has 0 fully saturated rings. The van der Waals surface area contributed by atoms with Crippen molar-refractivity contribution in [1.82, 2.24) is 15.2 Å². The summed E-state index contributed by atoms with van der Waals surface area (Å²) >= 11 is 0. The van der Waals surface area contributed by atoms with Gasteiger partial charge in [-0.05, 0) is 60.0 Å². The van der Waals surface area contributed by atoms with Crippen LogP contribution in [0.1, 0.15) is 37.7 Å². The summed E-state index contributed by atoms with van der Waals surface area (Å²) in [5.74, 6) is -0.144. The van der Waals surface area contributed by atoms with Crippen LogP contribution in [0.25, 0.3) is 0 Å². The molecule has 1 aromatic rings. The van der Waals surface area contributed by atoms with Gasteiger partial charge < -0.3 is 15.5 Å². The van der Waals surface area contributed by atoms with Gasteiger partial charge in [0.05, 0.1) is 0 Å². The Morgan fingerprint density at radius 1 is 1.35 bits per heavy atom. The van der Waals surface area contributed by atoms with Crippen molar-refractivity contribution < 1.29 is 4.79 Å². The first-order valence-electron chi connectivity index (χ1n) is 6.95. The molecule has 1 rings (SSSR count). The van der Waals surface area contributed by atoms with Crippen LogP contribution in [0.15, 0.2) is 18.3 Å². The monoisotopic (exact) mass is 278 g/mol. The van der Waals surface area contributed by atoms with Crippen LogP contribution in [0.5, 0.6) is 0 Å². The molecule has 0 aliphatic carbocycles. The molecule has 0 aliphatic heterocycles. The summed E-state index contributed by atoms with van der Waals surface area (Å²) < 4.78 is 0. The molecule has 112 valence electrons. The van der Waals surface area contributed by atoms with E-state index in [1.54, 1.807) is 12.3 Å². The summed E-state index contributed by atoms with van der Waals surface area (Å²) in [5.41, 5.74) is 1.11. The summed E-state index contributed by atoms with van der Waals surface area (Å²) in [6.45, 7) is 7.77. The molecule has 5 heteroatoms. The van der Waals surface area contributed by atoms with Gasteiger partial charge in [0, 0.05) is 24.0 Å². The Morgan fingerprint density at radius 3 is 2.65 bits per heavy atom. The molecule has 0 atom stereocenters. The van der Waals surface area contributed by atoms with E-state index in [0.29, 0.717) is 5.69 Å². The highest BCUT2D eigenvalue weighted by Crippen LogP contribution is 2.09. The van der Waals surface area contributed by atoms with Crippen LogP contribution in [0.2, 0.25) is 0 Å². The van der Waals surface area contributed by atoms with Gasteiger partial charge >= 0.3 is 0 Å². The van der Waals surface area contributed by atoms with Gasteiger partial charge in [-0.15, -0.1) is 0 Å². The SMILES string of the molecule is CN(C)CCCNc1ccnc(C(=O)NC(C)(C)C)c1. The molecule has 0 spiro atoms. The van der Waals surface area contributed by atoms with Gasteiger partial charge in [-0.1, -0.05) is 0 Å². The molecule has 20 heavy (non-hydrogen) atoms. The zero-order valence-corrected chi connectivity index (χ0v) is 13.2. The van der Waals surface area contributed by atoms with Crippen molar-refractivity contribution in [2.75, 3.05) is 32.5 Å². The average molecular weight is 278 g/mol. The first-order valence-corrected chi connectivity index (χ1v) is 6.95. The predicted octanol–water partition coefficient (Wildman–Crippen LogP) is 1.97. The molecule has 5 nitrogen and oxygen atoms in total. The molecule has 0 bridgehead atoms. The van der Waals surface area contributed by atoms with Crippen LogP contribution < -0.4 is 10.6 Å². The molecule has 0 saturated carbocycles. The standard InChI is InChI=1S/C15H26N4O/c1-15(2,3)18-14(20)13-11-12(7-9-17-13)16-8-6-10-19(4)5/h7,9,11H,6,8,10H2,1-5H3,(H,16,17)(H,18,20). The third kappa shape index (κ3) is 6.52. The number of rotatable bonds is 6. The van der Waals surface area contributed by atoms with E-state index in [-0.39, 0.29) is 11.4 Å². The molecule has 1 amide bonds. The fraction of sp³-hybridized carbons (Fsp3) is 0.600. The van der Waals surface area contributed by atoms with Crippen LogP contribution >= 0.6 is 0 Å². The highest BCUT2D eigenvalue weighted by Gasteiger charge is 2.16. The van der Waals surface area contributed by atoms with Gasteiger partial charge in [0.1, 0.15) is 5.69 Å². The number of carbonyl (C=O) groups excluding carboxylic acids is 1. The number of amides is 1. The number of nitrogens with one attached hydrogen (secondary N) is 2.